The first-order valence-electron chi connectivity index (χ1n) is 6.91. The van der Waals surface area contributed by atoms with Crippen LogP contribution in [0.3, 0.4) is 0 Å². The Morgan fingerprint density at radius 1 is 1.10 bits per heavy atom. The smallest absolute Gasteiger partial charge is 0.123 e. The van der Waals surface area contributed by atoms with Crippen LogP contribution in [-0.4, -0.2) is 19.1 Å². The third-order valence-corrected chi connectivity index (χ3v) is 3.59. The lowest BCUT2D eigenvalue weighted by Gasteiger charge is -2.18. The minimum atomic E-state index is 0.481. The van der Waals surface area contributed by atoms with E-state index in [9.17, 15) is 0 Å². The molecule has 112 valence electrons. The van der Waals surface area contributed by atoms with Crippen molar-refractivity contribution in [2.75, 3.05) is 14.2 Å². The van der Waals surface area contributed by atoms with Crippen molar-refractivity contribution in [2.24, 2.45) is 5.73 Å². The monoisotopic (exact) mass is 304 g/mol. The number of methoxy groups -OCH3 is 1. The molecular formula is C17H21ClN2O. The molecule has 0 radical (unpaired) electrons. The molecule has 21 heavy (non-hydrogen) atoms. The second kappa shape index (κ2) is 7.46. The lowest BCUT2D eigenvalue weighted by Crippen LogP contribution is -2.17. The maximum Gasteiger partial charge on any atom is 0.123 e. The van der Waals surface area contributed by atoms with Crippen LogP contribution in [0.4, 0.5) is 0 Å². The van der Waals surface area contributed by atoms with Gasteiger partial charge < -0.3 is 10.5 Å². The van der Waals surface area contributed by atoms with Gasteiger partial charge in [-0.25, -0.2) is 0 Å². The molecule has 0 bridgehead atoms. The van der Waals surface area contributed by atoms with Crippen LogP contribution in [0.2, 0.25) is 5.02 Å². The van der Waals surface area contributed by atoms with Crippen molar-refractivity contribution in [1.82, 2.24) is 4.90 Å². The van der Waals surface area contributed by atoms with Crippen molar-refractivity contribution in [3.05, 3.63) is 64.2 Å². The molecule has 2 N–H and O–H groups in total. The second-order valence-electron chi connectivity index (χ2n) is 5.15. The van der Waals surface area contributed by atoms with Gasteiger partial charge in [0.2, 0.25) is 0 Å². The minimum absolute atomic E-state index is 0.481. The topological polar surface area (TPSA) is 38.5 Å². The van der Waals surface area contributed by atoms with Gasteiger partial charge in [-0.2, -0.15) is 0 Å². The Hall–Kier alpha value is -1.55. The average Bonchev–Trinajstić information content (AvgIpc) is 2.47. The molecule has 0 aliphatic heterocycles. The van der Waals surface area contributed by atoms with Crippen LogP contribution in [0.5, 0.6) is 5.75 Å². The van der Waals surface area contributed by atoms with E-state index in [1.807, 2.05) is 24.3 Å². The molecule has 2 aromatic rings. The van der Waals surface area contributed by atoms with Crippen molar-refractivity contribution in [3.63, 3.8) is 0 Å². The Balaban J connectivity index is 2.04. The van der Waals surface area contributed by atoms with E-state index in [0.29, 0.717) is 6.54 Å². The van der Waals surface area contributed by atoms with Crippen molar-refractivity contribution >= 4 is 11.6 Å². The van der Waals surface area contributed by atoms with E-state index in [4.69, 9.17) is 22.1 Å². The fourth-order valence-electron chi connectivity index (χ4n) is 2.40. The normalized spacial score (nSPS) is 10.9. The lowest BCUT2D eigenvalue weighted by atomic mass is 10.1. The van der Waals surface area contributed by atoms with Gasteiger partial charge in [0.1, 0.15) is 5.75 Å². The van der Waals surface area contributed by atoms with Crippen molar-refractivity contribution in [2.45, 2.75) is 19.6 Å². The molecule has 0 aliphatic carbocycles. The number of benzene rings is 2. The predicted molar refractivity (Wildman–Crippen MR) is 87.5 cm³/mol. The van der Waals surface area contributed by atoms with Crippen molar-refractivity contribution in [1.29, 1.82) is 0 Å². The zero-order valence-electron chi connectivity index (χ0n) is 12.5. The Morgan fingerprint density at radius 2 is 1.81 bits per heavy atom. The van der Waals surface area contributed by atoms with E-state index in [1.165, 1.54) is 11.1 Å². The van der Waals surface area contributed by atoms with Crippen LogP contribution in [0.1, 0.15) is 16.7 Å². The first kappa shape index (κ1) is 15.8. The van der Waals surface area contributed by atoms with Gasteiger partial charge in [0.05, 0.1) is 7.11 Å². The number of nitrogens with two attached hydrogens (primary N) is 1. The number of rotatable bonds is 6. The first-order valence-corrected chi connectivity index (χ1v) is 7.29. The van der Waals surface area contributed by atoms with Crippen LogP contribution < -0.4 is 10.5 Å². The minimum Gasteiger partial charge on any atom is -0.496 e. The largest absolute Gasteiger partial charge is 0.496 e. The third-order valence-electron chi connectivity index (χ3n) is 3.36. The Morgan fingerprint density at radius 3 is 2.43 bits per heavy atom. The summed E-state index contributed by atoms with van der Waals surface area (Å²) in [5.41, 5.74) is 9.22. The number of hydrogen-bond donors (Lipinski definition) is 1. The standard InChI is InChI=1S/C17H21ClN2O/c1-20(11-13-4-3-5-16(18)9-13)12-14-6-7-17(21-2)15(8-14)10-19/h3-9H,10-12,19H2,1-2H3. The molecule has 2 rings (SSSR count). The summed E-state index contributed by atoms with van der Waals surface area (Å²) < 4.78 is 5.30. The van der Waals surface area contributed by atoms with Gasteiger partial charge in [-0.05, 0) is 42.4 Å². The molecule has 0 unspecified atom stereocenters. The van der Waals surface area contributed by atoms with E-state index >= 15 is 0 Å². The van der Waals surface area contributed by atoms with E-state index in [2.05, 4.69) is 30.1 Å². The molecule has 4 heteroatoms. The second-order valence-corrected chi connectivity index (χ2v) is 5.59. The first-order chi connectivity index (χ1) is 10.1. The quantitative estimate of drug-likeness (QED) is 0.888. The summed E-state index contributed by atoms with van der Waals surface area (Å²) in [4.78, 5) is 2.24. The summed E-state index contributed by atoms with van der Waals surface area (Å²) in [6.45, 7) is 2.18. The molecule has 0 aromatic heterocycles. The number of nitrogens with zero attached hydrogens (tertiary/aromatic N) is 1. The van der Waals surface area contributed by atoms with Crippen LogP contribution in [0.15, 0.2) is 42.5 Å². The third kappa shape index (κ3) is 4.46. The molecule has 0 saturated carbocycles. The van der Waals surface area contributed by atoms with Crippen molar-refractivity contribution < 1.29 is 4.74 Å². The molecular weight excluding hydrogens is 284 g/mol. The molecule has 0 aliphatic rings. The molecule has 0 atom stereocenters. The summed E-state index contributed by atoms with van der Waals surface area (Å²) >= 11 is 6.02. The van der Waals surface area contributed by atoms with Gasteiger partial charge in [0, 0.05) is 30.2 Å². The Labute approximate surface area is 131 Å². The summed E-state index contributed by atoms with van der Waals surface area (Å²) in [5.74, 6) is 0.846. The summed E-state index contributed by atoms with van der Waals surface area (Å²) in [5, 5.41) is 0.774. The van der Waals surface area contributed by atoms with Crippen LogP contribution in [-0.2, 0) is 19.6 Å². The molecule has 0 amide bonds. The van der Waals surface area contributed by atoms with Crippen LogP contribution in [0, 0.1) is 0 Å². The van der Waals surface area contributed by atoms with Gasteiger partial charge in [0.15, 0.2) is 0 Å². The van der Waals surface area contributed by atoms with E-state index in [-0.39, 0.29) is 0 Å². The van der Waals surface area contributed by atoms with E-state index < -0.39 is 0 Å². The summed E-state index contributed by atoms with van der Waals surface area (Å²) in [6.07, 6.45) is 0. The Kier molecular flexibility index (Phi) is 5.62. The maximum absolute atomic E-state index is 6.02. The highest BCUT2D eigenvalue weighted by Crippen LogP contribution is 2.20. The summed E-state index contributed by atoms with van der Waals surface area (Å²) in [6, 6.07) is 14.1. The SMILES string of the molecule is COc1ccc(CN(C)Cc2cccc(Cl)c2)cc1CN. The molecule has 0 fully saturated rings. The highest BCUT2D eigenvalue weighted by Gasteiger charge is 2.06. The van der Waals surface area contributed by atoms with E-state index in [1.54, 1.807) is 7.11 Å². The van der Waals surface area contributed by atoms with Gasteiger partial charge in [-0.1, -0.05) is 29.8 Å². The van der Waals surface area contributed by atoms with Gasteiger partial charge >= 0.3 is 0 Å². The van der Waals surface area contributed by atoms with Gasteiger partial charge in [0.25, 0.3) is 0 Å². The van der Waals surface area contributed by atoms with Crippen LogP contribution in [0.25, 0.3) is 0 Å². The predicted octanol–water partition coefficient (Wildman–Crippen LogP) is 3.44. The van der Waals surface area contributed by atoms with Crippen LogP contribution >= 0.6 is 11.6 Å². The molecule has 0 spiro atoms. The zero-order valence-corrected chi connectivity index (χ0v) is 13.2. The number of halogens is 1. The van der Waals surface area contributed by atoms with Crippen molar-refractivity contribution in [3.8, 4) is 5.75 Å². The number of hydrogen-bond acceptors (Lipinski definition) is 3. The molecule has 0 heterocycles. The van der Waals surface area contributed by atoms with Gasteiger partial charge in [-0.15, -0.1) is 0 Å². The van der Waals surface area contributed by atoms with Gasteiger partial charge in [-0.3, -0.25) is 4.90 Å². The Bertz CT molecular complexity index is 601. The fraction of sp³-hybridized carbons (Fsp3) is 0.294. The highest BCUT2D eigenvalue weighted by atomic mass is 35.5. The zero-order chi connectivity index (χ0) is 15.2. The summed E-state index contributed by atoms with van der Waals surface area (Å²) in [7, 11) is 3.76. The lowest BCUT2D eigenvalue weighted by molar-refractivity contribution is 0.318. The van der Waals surface area contributed by atoms with E-state index in [0.717, 1.165) is 29.4 Å². The maximum atomic E-state index is 6.02. The highest BCUT2D eigenvalue weighted by molar-refractivity contribution is 6.30. The molecule has 3 nitrogen and oxygen atoms in total. The fourth-order valence-corrected chi connectivity index (χ4v) is 2.62. The average molecular weight is 305 g/mol. The number of ether oxygens (including phenoxy) is 1. The molecule has 2 aromatic carbocycles. The molecule has 0 saturated heterocycles.